The van der Waals surface area contributed by atoms with Crippen molar-refractivity contribution in [3.8, 4) is 66.8 Å². The summed E-state index contributed by atoms with van der Waals surface area (Å²) in [6.45, 7) is 0. The Kier molecular flexibility index (Phi) is 9.90. The van der Waals surface area contributed by atoms with Crippen LogP contribution in [0.1, 0.15) is 11.1 Å². The second kappa shape index (κ2) is 16.2. The number of hydrogen-bond donors (Lipinski definition) is 0. The molecule has 0 radical (unpaired) electrons. The molecule has 61 heavy (non-hydrogen) atoms. The Hall–Kier alpha value is -8.14. The van der Waals surface area contributed by atoms with Crippen molar-refractivity contribution in [2.24, 2.45) is 0 Å². The van der Waals surface area contributed by atoms with Gasteiger partial charge in [-0.1, -0.05) is 188 Å². The molecule has 10 rings (SSSR count). The average molecular weight is 782 g/mol. The van der Waals surface area contributed by atoms with E-state index >= 15 is 0 Å². The molecule has 0 saturated heterocycles. The smallest absolute Gasteiger partial charge is 0.266 e. The molecule has 0 unspecified atom stereocenters. The van der Waals surface area contributed by atoms with Gasteiger partial charge in [0.2, 0.25) is 0 Å². The van der Waals surface area contributed by atoms with E-state index in [-0.39, 0.29) is 11.8 Å². The maximum Gasteiger partial charge on any atom is 0.266 e. The summed E-state index contributed by atoms with van der Waals surface area (Å²) in [7, 11) is 0. The van der Waals surface area contributed by atoms with Crippen LogP contribution in [0.25, 0.3) is 77.9 Å². The highest BCUT2D eigenvalue weighted by molar-refractivity contribution is 6.57. The van der Waals surface area contributed by atoms with Crippen molar-refractivity contribution in [3.05, 3.63) is 248 Å². The summed E-state index contributed by atoms with van der Waals surface area (Å²) in [5.74, 6) is -0.688. The fourth-order valence-corrected chi connectivity index (χ4v) is 8.31. The van der Waals surface area contributed by atoms with Crippen molar-refractivity contribution < 1.29 is 9.59 Å². The summed E-state index contributed by atoms with van der Waals surface area (Å²) in [5.41, 5.74) is 15.8. The number of hydrogen-bond acceptors (Lipinski definition) is 2. The third-order valence-electron chi connectivity index (χ3n) is 11.4. The van der Waals surface area contributed by atoms with E-state index in [0.29, 0.717) is 28.0 Å². The fourth-order valence-electron chi connectivity index (χ4n) is 8.31. The van der Waals surface area contributed by atoms with Gasteiger partial charge in [0.25, 0.3) is 11.8 Å². The number of amides is 2. The molecule has 0 atom stereocenters. The Bertz CT molecular complexity index is 2740. The van der Waals surface area contributed by atoms with Crippen molar-refractivity contribution >= 4 is 28.6 Å². The van der Waals surface area contributed by atoms with Crippen molar-refractivity contribution in [3.63, 3.8) is 0 Å². The van der Waals surface area contributed by atoms with E-state index in [4.69, 9.17) is 0 Å². The number of carbonyl (C=O) groups is 2. The van der Waals surface area contributed by atoms with E-state index in [1.807, 2.05) is 66.7 Å². The van der Waals surface area contributed by atoms with Gasteiger partial charge in [0.15, 0.2) is 0 Å². The Morgan fingerprint density at radius 3 is 0.689 bits per heavy atom. The Labute approximate surface area is 356 Å². The monoisotopic (exact) mass is 781 g/mol. The van der Waals surface area contributed by atoms with Gasteiger partial charge in [-0.25, -0.2) is 4.90 Å². The van der Waals surface area contributed by atoms with Gasteiger partial charge in [0.1, 0.15) is 0 Å². The zero-order valence-corrected chi connectivity index (χ0v) is 33.3. The second-order valence-electron chi connectivity index (χ2n) is 15.2. The molecule has 2 amide bonds. The topological polar surface area (TPSA) is 37.4 Å². The fraction of sp³-hybridized carbons (Fsp3) is 0. The van der Waals surface area contributed by atoms with Gasteiger partial charge in [-0.3, -0.25) is 9.59 Å². The molecular formula is C58H39NO2. The molecule has 0 aromatic heterocycles. The summed E-state index contributed by atoms with van der Waals surface area (Å²) in [4.78, 5) is 30.4. The lowest BCUT2D eigenvalue weighted by Gasteiger charge is -2.15. The molecule has 1 heterocycles. The molecule has 9 aromatic rings. The first-order valence-electron chi connectivity index (χ1n) is 20.5. The predicted molar refractivity (Wildman–Crippen MR) is 251 cm³/mol. The molecule has 0 bridgehead atoms. The summed E-state index contributed by atoms with van der Waals surface area (Å²) in [5, 5.41) is 0. The van der Waals surface area contributed by atoms with Gasteiger partial charge < -0.3 is 0 Å². The highest BCUT2D eigenvalue weighted by Gasteiger charge is 2.40. The highest BCUT2D eigenvalue weighted by Crippen LogP contribution is 2.41. The van der Waals surface area contributed by atoms with E-state index in [1.165, 1.54) is 4.90 Å². The normalized spacial score (nSPS) is 12.6. The molecule has 0 saturated carbocycles. The van der Waals surface area contributed by atoms with Crippen LogP contribution in [0.4, 0.5) is 5.69 Å². The first kappa shape index (κ1) is 37.2. The molecular weight excluding hydrogens is 743 g/mol. The maximum absolute atomic E-state index is 14.5. The molecule has 0 aliphatic carbocycles. The Morgan fingerprint density at radius 1 is 0.213 bits per heavy atom. The first-order valence-corrected chi connectivity index (χ1v) is 20.5. The SMILES string of the molecule is O=C1C(c2ccc(-c3cc(-c4ccccc4)cc(-c4ccccc4)c3)cc2)=C(c2ccc(-c3cc(-c4ccccc4)cc(-c4ccccc4)c3)cc2)C(=O)N1c1ccccc1. The minimum Gasteiger partial charge on any atom is -0.268 e. The first-order chi connectivity index (χ1) is 30.1. The van der Waals surface area contributed by atoms with E-state index in [0.717, 1.165) is 66.8 Å². The van der Waals surface area contributed by atoms with Crippen LogP contribution >= 0.6 is 0 Å². The highest BCUT2D eigenvalue weighted by atomic mass is 16.2. The van der Waals surface area contributed by atoms with E-state index in [9.17, 15) is 9.59 Å². The molecule has 0 fully saturated rings. The average Bonchev–Trinajstić information content (AvgIpc) is 3.61. The van der Waals surface area contributed by atoms with Gasteiger partial charge in [-0.15, -0.1) is 0 Å². The minimum atomic E-state index is -0.344. The van der Waals surface area contributed by atoms with Crippen LogP contribution in [0.3, 0.4) is 0 Å². The zero-order valence-electron chi connectivity index (χ0n) is 33.3. The number of benzene rings is 9. The van der Waals surface area contributed by atoms with Crippen molar-refractivity contribution in [1.29, 1.82) is 0 Å². The van der Waals surface area contributed by atoms with Crippen LogP contribution < -0.4 is 4.90 Å². The van der Waals surface area contributed by atoms with Gasteiger partial charge in [-0.2, -0.15) is 0 Å². The molecule has 9 aromatic carbocycles. The van der Waals surface area contributed by atoms with Gasteiger partial charge >= 0.3 is 0 Å². The summed E-state index contributed by atoms with van der Waals surface area (Å²) >= 11 is 0. The van der Waals surface area contributed by atoms with E-state index in [2.05, 4.69) is 158 Å². The number of anilines is 1. The van der Waals surface area contributed by atoms with Gasteiger partial charge in [-0.05, 0) is 126 Å². The van der Waals surface area contributed by atoms with Crippen molar-refractivity contribution in [2.75, 3.05) is 4.90 Å². The third kappa shape index (κ3) is 7.41. The minimum absolute atomic E-state index is 0.344. The maximum atomic E-state index is 14.5. The van der Waals surface area contributed by atoms with Crippen molar-refractivity contribution in [2.45, 2.75) is 0 Å². The lowest BCUT2D eigenvalue weighted by molar-refractivity contribution is -0.119. The second-order valence-corrected chi connectivity index (χ2v) is 15.2. The largest absolute Gasteiger partial charge is 0.268 e. The Balaban J connectivity index is 1.05. The quantitative estimate of drug-likeness (QED) is 0.137. The lowest BCUT2D eigenvalue weighted by atomic mass is 9.91. The Morgan fingerprint density at radius 2 is 0.426 bits per heavy atom. The van der Waals surface area contributed by atoms with Gasteiger partial charge in [0, 0.05) is 0 Å². The third-order valence-corrected chi connectivity index (χ3v) is 11.4. The summed E-state index contributed by atoms with van der Waals surface area (Å²) < 4.78 is 0. The van der Waals surface area contributed by atoms with Crippen LogP contribution in [0.15, 0.2) is 237 Å². The molecule has 288 valence electrons. The van der Waals surface area contributed by atoms with Crippen LogP contribution in [-0.2, 0) is 9.59 Å². The number of nitrogens with zero attached hydrogens (tertiary/aromatic N) is 1. The number of para-hydroxylation sites is 1. The molecule has 3 nitrogen and oxygen atoms in total. The molecule has 3 heteroatoms. The molecule has 0 spiro atoms. The van der Waals surface area contributed by atoms with E-state index in [1.54, 1.807) is 12.1 Å². The van der Waals surface area contributed by atoms with Crippen LogP contribution in [-0.4, -0.2) is 11.8 Å². The van der Waals surface area contributed by atoms with Crippen LogP contribution in [0, 0.1) is 0 Å². The summed E-state index contributed by atoms with van der Waals surface area (Å²) in [6, 6.07) is 80.2. The van der Waals surface area contributed by atoms with Gasteiger partial charge in [0.05, 0.1) is 16.8 Å². The molecule has 0 N–H and O–H groups in total. The zero-order chi connectivity index (χ0) is 41.1. The number of imide groups is 1. The van der Waals surface area contributed by atoms with E-state index < -0.39 is 0 Å². The molecule has 1 aliphatic rings. The van der Waals surface area contributed by atoms with Crippen molar-refractivity contribution in [1.82, 2.24) is 0 Å². The number of rotatable bonds is 9. The molecule has 1 aliphatic heterocycles. The standard InChI is InChI=1S/C58H39NO2/c60-57-55(46-30-26-44(27-31-46)52-36-48(40-16-6-1-7-17-40)34-49(37-52)41-18-8-2-9-19-41)56(58(61)59(57)54-24-14-5-15-25-54)47-32-28-45(29-33-47)53-38-50(42-20-10-3-11-21-42)35-51(39-53)43-22-12-4-13-23-43/h1-39H. The summed E-state index contributed by atoms with van der Waals surface area (Å²) in [6.07, 6.45) is 0. The van der Waals surface area contributed by atoms with Crippen LogP contribution in [0.2, 0.25) is 0 Å². The predicted octanol–water partition coefficient (Wildman–Crippen LogP) is 14.2. The lowest BCUT2D eigenvalue weighted by Crippen LogP contribution is -2.31. The number of carbonyl (C=O) groups excluding carboxylic acids is 2. The van der Waals surface area contributed by atoms with Crippen LogP contribution in [0.5, 0.6) is 0 Å².